The average molecular weight is 255 g/mol. The Bertz CT molecular complexity index is 472. The number of alkyl halides is 1. The normalized spacial score (nSPS) is 16.3. The molecule has 0 radical (unpaired) electrons. The molecule has 1 aliphatic carbocycles. The number of hydrogen-bond donors (Lipinski definition) is 1. The fourth-order valence-electron chi connectivity index (χ4n) is 1.58. The molecule has 1 N–H and O–H groups in total. The molecule has 0 spiro atoms. The number of benzene rings is 1. The van der Waals surface area contributed by atoms with E-state index < -0.39 is 10.8 Å². The van der Waals surface area contributed by atoms with Crippen LogP contribution in [-0.4, -0.2) is 22.2 Å². The maximum atomic E-state index is 11.9. The van der Waals surface area contributed by atoms with E-state index in [-0.39, 0.29) is 16.8 Å². The van der Waals surface area contributed by atoms with Crippen molar-refractivity contribution in [3.05, 3.63) is 39.9 Å². The number of amides is 1. The zero-order valence-electron chi connectivity index (χ0n) is 8.98. The number of nitrogens with one attached hydrogen (secondary N) is 1. The lowest BCUT2D eigenvalue weighted by molar-refractivity contribution is -0.385. The fourth-order valence-corrected chi connectivity index (χ4v) is 1.91. The molecular formula is C11H11ClN2O3. The first kappa shape index (κ1) is 11.9. The number of hydrogen-bond acceptors (Lipinski definition) is 3. The van der Waals surface area contributed by atoms with Crippen LogP contribution in [0.3, 0.4) is 0 Å². The Hall–Kier alpha value is -1.62. The molecule has 6 heteroatoms. The zero-order chi connectivity index (χ0) is 12.5. The van der Waals surface area contributed by atoms with Crippen LogP contribution < -0.4 is 5.32 Å². The first-order valence-electron chi connectivity index (χ1n) is 5.20. The molecule has 1 saturated carbocycles. The van der Waals surface area contributed by atoms with Crippen molar-refractivity contribution in [1.82, 2.24) is 5.32 Å². The van der Waals surface area contributed by atoms with Gasteiger partial charge in [0.25, 0.3) is 11.6 Å². The molecule has 1 fully saturated rings. The molecule has 1 aliphatic rings. The smallest absolute Gasteiger partial charge is 0.282 e. The summed E-state index contributed by atoms with van der Waals surface area (Å²) >= 11 is 5.74. The van der Waals surface area contributed by atoms with Gasteiger partial charge in [0.05, 0.1) is 10.5 Å². The number of carbonyl (C=O) groups is 1. The minimum atomic E-state index is -0.560. The summed E-state index contributed by atoms with van der Waals surface area (Å²) in [5, 5.41) is 13.5. The molecule has 0 saturated heterocycles. The van der Waals surface area contributed by atoms with Crippen LogP contribution in [0.4, 0.5) is 5.69 Å². The first-order valence-corrected chi connectivity index (χ1v) is 5.73. The van der Waals surface area contributed by atoms with E-state index in [1.165, 1.54) is 18.2 Å². The molecule has 90 valence electrons. The topological polar surface area (TPSA) is 72.2 Å². The molecule has 1 aromatic rings. The molecule has 0 aliphatic heterocycles. The van der Waals surface area contributed by atoms with Crippen LogP contribution in [0.2, 0.25) is 0 Å². The Labute approximate surface area is 103 Å². The molecule has 1 amide bonds. The van der Waals surface area contributed by atoms with Crippen molar-refractivity contribution in [3.63, 3.8) is 0 Å². The third-order valence-electron chi connectivity index (χ3n) is 2.83. The Balaban J connectivity index is 2.22. The van der Waals surface area contributed by atoms with Crippen molar-refractivity contribution in [2.24, 2.45) is 0 Å². The quantitative estimate of drug-likeness (QED) is 0.508. The summed E-state index contributed by atoms with van der Waals surface area (Å²) in [7, 11) is 0. The predicted octanol–water partition coefficient (Wildman–Crippen LogP) is 2.10. The fraction of sp³-hybridized carbons (Fsp3) is 0.364. The number of nitro groups is 1. The Morgan fingerprint density at radius 2 is 2.12 bits per heavy atom. The second kappa shape index (κ2) is 4.33. The molecule has 5 nitrogen and oxygen atoms in total. The van der Waals surface area contributed by atoms with Crippen LogP contribution in [0.25, 0.3) is 0 Å². The summed E-state index contributed by atoms with van der Waals surface area (Å²) in [4.78, 5) is 22.1. The number of nitro benzene ring substituents is 1. The van der Waals surface area contributed by atoms with Crippen molar-refractivity contribution < 1.29 is 9.72 Å². The third kappa shape index (κ3) is 2.39. The molecule has 0 unspecified atom stereocenters. The Morgan fingerprint density at radius 1 is 1.47 bits per heavy atom. The van der Waals surface area contributed by atoms with E-state index in [2.05, 4.69) is 5.32 Å². The Kier molecular flexibility index (Phi) is 3.02. The summed E-state index contributed by atoms with van der Waals surface area (Å²) in [6, 6.07) is 5.89. The lowest BCUT2D eigenvalue weighted by atomic mass is 10.1. The lowest BCUT2D eigenvalue weighted by Gasteiger charge is -2.13. The summed E-state index contributed by atoms with van der Waals surface area (Å²) in [5.41, 5.74) is -0.466. The van der Waals surface area contributed by atoms with Crippen LogP contribution in [0.15, 0.2) is 24.3 Å². The number of para-hydroxylation sites is 1. The zero-order valence-corrected chi connectivity index (χ0v) is 9.74. The van der Waals surface area contributed by atoms with Gasteiger partial charge in [-0.1, -0.05) is 12.1 Å². The summed E-state index contributed by atoms with van der Waals surface area (Å²) in [6.45, 7) is 0. The van der Waals surface area contributed by atoms with Crippen LogP contribution in [0.5, 0.6) is 0 Å². The maximum Gasteiger partial charge on any atom is 0.282 e. The number of nitrogens with zero attached hydrogens (tertiary/aromatic N) is 1. The van der Waals surface area contributed by atoms with Gasteiger partial charge in [0.2, 0.25) is 0 Å². The van der Waals surface area contributed by atoms with Crippen molar-refractivity contribution in [1.29, 1.82) is 0 Å². The van der Waals surface area contributed by atoms with E-state index in [1.807, 2.05) is 0 Å². The van der Waals surface area contributed by atoms with Crippen molar-refractivity contribution in [3.8, 4) is 0 Å². The first-order chi connectivity index (χ1) is 8.08. The second-order valence-corrected chi connectivity index (χ2v) is 4.41. The monoisotopic (exact) mass is 254 g/mol. The molecule has 0 aromatic heterocycles. The number of rotatable bonds is 4. The van der Waals surface area contributed by atoms with Gasteiger partial charge < -0.3 is 5.32 Å². The van der Waals surface area contributed by atoms with Crippen molar-refractivity contribution in [2.75, 3.05) is 5.88 Å². The van der Waals surface area contributed by atoms with Gasteiger partial charge in [-0.05, 0) is 18.9 Å². The van der Waals surface area contributed by atoms with E-state index >= 15 is 0 Å². The number of halogens is 1. The summed E-state index contributed by atoms with van der Waals surface area (Å²) < 4.78 is 0. The van der Waals surface area contributed by atoms with Crippen LogP contribution in [0, 0.1) is 10.1 Å². The molecular weight excluding hydrogens is 244 g/mol. The Morgan fingerprint density at radius 3 is 2.65 bits per heavy atom. The molecule has 0 atom stereocenters. The van der Waals surface area contributed by atoms with E-state index in [0.717, 1.165) is 12.8 Å². The highest BCUT2D eigenvalue weighted by molar-refractivity contribution is 6.19. The van der Waals surface area contributed by atoms with Gasteiger partial charge in [-0.25, -0.2) is 0 Å². The largest absolute Gasteiger partial charge is 0.345 e. The summed E-state index contributed by atoms with van der Waals surface area (Å²) in [5.74, 6) is -0.102. The minimum absolute atomic E-state index is 0.0777. The van der Waals surface area contributed by atoms with Gasteiger partial charge in [-0.3, -0.25) is 14.9 Å². The molecule has 0 heterocycles. The number of carbonyl (C=O) groups excluding carboxylic acids is 1. The predicted molar refractivity (Wildman–Crippen MR) is 63.2 cm³/mol. The van der Waals surface area contributed by atoms with Gasteiger partial charge in [0.1, 0.15) is 5.56 Å². The highest BCUT2D eigenvalue weighted by atomic mass is 35.5. The molecule has 2 rings (SSSR count). The second-order valence-electron chi connectivity index (χ2n) is 4.14. The van der Waals surface area contributed by atoms with Crippen molar-refractivity contribution in [2.45, 2.75) is 18.4 Å². The highest BCUT2D eigenvalue weighted by Gasteiger charge is 2.43. The van der Waals surface area contributed by atoms with Gasteiger partial charge >= 0.3 is 0 Å². The minimum Gasteiger partial charge on any atom is -0.345 e. The van der Waals surface area contributed by atoms with Crippen LogP contribution >= 0.6 is 11.6 Å². The average Bonchev–Trinajstić information content (AvgIpc) is 3.09. The molecule has 0 bridgehead atoms. The van der Waals surface area contributed by atoms with Gasteiger partial charge in [0.15, 0.2) is 0 Å². The van der Waals surface area contributed by atoms with E-state index in [0.29, 0.717) is 5.88 Å². The van der Waals surface area contributed by atoms with Crippen LogP contribution in [-0.2, 0) is 0 Å². The standard InChI is InChI=1S/C11H11ClN2O3/c12-7-11(5-6-11)13-10(15)8-3-1-2-4-9(8)14(16)17/h1-4H,5-7H2,(H,13,15). The SMILES string of the molecule is O=C(NC1(CCl)CC1)c1ccccc1[N+](=O)[O-]. The lowest BCUT2D eigenvalue weighted by Crippen LogP contribution is -2.38. The van der Waals surface area contributed by atoms with E-state index in [9.17, 15) is 14.9 Å². The van der Waals surface area contributed by atoms with Crippen LogP contribution in [0.1, 0.15) is 23.2 Å². The molecule has 1 aromatic carbocycles. The van der Waals surface area contributed by atoms with Crippen molar-refractivity contribution >= 4 is 23.2 Å². The molecule has 17 heavy (non-hydrogen) atoms. The van der Waals surface area contributed by atoms with Gasteiger partial charge in [-0.15, -0.1) is 11.6 Å². The van der Waals surface area contributed by atoms with E-state index in [4.69, 9.17) is 11.6 Å². The summed E-state index contributed by atoms with van der Waals surface area (Å²) in [6.07, 6.45) is 1.64. The highest BCUT2D eigenvalue weighted by Crippen LogP contribution is 2.37. The van der Waals surface area contributed by atoms with Gasteiger partial charge in [-0.2, -0.15) is 0 Å². The maximum absolute atomic E-state index is 11.9. The van der Waals surface area contributed by atoms with E-state index in [1.54, 1.807) is 6.07 Å². The third-order valence-corrected chi connectivity index (χ3v) is 3.35. The van der Waals surface area contributed by atoms with Gasteiger partial charge in [0, 0.05) is 11.9 Å².